The summed E-state index contributed by atoms with van der Waals surface area (Å²) >= 11 is 1.75. The highest BCUT2D eigenvalue weighted by molar-refractivity contribution is 7.15. The molecule has 4 fully saturated rings. The Morgan fingerprint density at radius 1 is 0.769 bits per heavy atom. The SMILES string of the molecule is C[C@@H](Nc1cnnc2ccc(N3CCN(C(=O)C4CCOC4)CC3)cc12)c1ccc(-c2cc(-[n+]3ncc(N[C@H](C)c4cccc5c4OCC5(F)F)c4cc(N5CCN(C(=O)C6CCOC6)CC5)ccc43)ccc2CN(C)C)s1. The summed E-state index contributed by atoms with van der Waals surface area (Å²) in [6.07, 6.45) is 5.19. The van der Waals surface area contributed by atoms with Crippen LogP contribution in [0.4, 0.5) is 31.5 Å². The number of para-hydroxylation sites is 1. The van der Waals surface area contributed by atoms with Crippen molar-refractivity contribution in [3.63, 3.8) is 0 Å². The molecule has 5 aliphatic rings. The van der Waals surface area contributed by atoms with E-state index in [-0.39, 0.29) is 41.0 Å². The fraction of sp³-hybridized carbons (Fsp3) is 0.424. The minimum absolute atomic E-state index is 0.0220. The van der Waals surface area contributed by atoms with E-state index in [1.54, 1.807) is 23.6 Å². The van der Waals surface area contributed by atoms with Crippen LogP contribution in [0.2, 0.25) is 0 Å². The molecule has 0 spiro atoms. The highest BCUT2D eigenvalue weighted by Crippen LogP contribution is 2.46. The molecule has 0 radical (unpaired) electrons. The molecule has 2 N–H and O–H groups in total. The predicted molar refractivity (Wildman–Crippen MR) is 299 cm³/mol. The number of hydrogen-bond donors (Lipinski definition) is 2. The Labute approximate surface area is 456 Å². The first kappa shape index (κ1) is 51.7. The lowest BCUT2D eigenvalue weighted by Gasteiger charge is -2.37. The highest BCUT2D eigenvalue weighted by atomic mass is 32.1. The molecule has 3 aromatic heterocycles. The molecule has 7 aromatic rings. The smallest absolute Gasteiger partial charge is 0.310 e. The third-order valence-corrected chi connectivity index (χ3v) is 17.4. The largest absolute Gasteiger partial charge is 0.486 e. The van der Waals surface area contributed by atoms with Gasteiger partial charge in [-0.1, -0.05) is 18.2 Å². The van der Waals surface area contributed by atoms with Crippen molar-refractivity contribution in [2.45, 2.75) is 51.2 Å². The molecule has 78 heavy (non-hydrogen) atoms. The zero-order valence-corrected chi connectivity index (χ0v) is 45.4. The Kier molecular flexibility index (Phi) is 14.3. The molecule has 12 rings (SSSR count). The molecule has 406 valence electrons. The van der Waals surface area contributed by atoms with Crippen LogP contribution in [0.5, 0.6) is 5.75 Å². The van der Waals surface area contributed by atoms with Gasteiger partial charge in [-0.3, -0.25) is 9.59 Å². The summed E-state index contributed by atoms with van der Waals surface area (Å²) in [5.74, 6) is -2.54. The highest BCUT2D eigenvalue weighted by Gasteiger charge is 2.43. The van der Waals surface area contributed by atoms with Crippen LogP contribution >= 0.6 is 11.3 Å². The lowest BCUT2D eigenvalue weighted by molar-refractivity contribution is -0.633. The van der Waals surface area contributed by atoms with Crippen molar-refractivity contribution in [1.29, 1.82) is 0 Å². The van der Waals surface area contributed by atoms with Gasteiger partial charge in [-0.05, 0) is 99.6 Å². The first-order chi connectivity index (χ1) is 37.8. The number of fused-ring (bicyclic) bond motifs is 3. The van der Waals surface area contributed by atoms with Gasteiger partial charge in [0.15, 0.2) is 6.61 Å². The molecule has 5 aliphatic heterocycles. The summed E-state index contributed by atoms with van der Waals surface area (Å²) < 4.78 is 48.4. The number of nitrogens with one attached hydrogen (secondary N) is 2. The van der Waals surface area contributed by atoms with Gasteiger partial charge in [0.05, 0.1) is 71.2 Å². The van der Waals surface area contributed by atoms with Crippen LogP contribution in [0.3, 0.4) is 0 Å². The van der Waals surface area contributed by atoms with Crippen molar-refractivity contribution in [3.8, 4) is 21.9 Å². The number of aromatic nitrogens is 4. The number of rotatable bonds is 14. The van der Waals surface area contributed by atoms with Crippen molar-refractivity contribution in [3.05, 3.63) is 119 Å². The summed E-state index contributed by atoms with van der Waals surface area (Å²) in [5.41, 5.74) is 9.12. The molecule has 0 saturated carbocycles. The fourth-order valence-corrected chi connectivity index (χ4v) is 12.8. The first-order valence-electron chi connectivity index (χ1n) is 27.2. The summed E-state index contributed by atoms with van der Waals surface area (Å²) in [6.45, 7) is 12.0. The van der Waals surface area contributed by atoms with Crippen LogP contribution in [0.1, 0.15) is 60.3 Å². The van der Waals surface area contributed by atoms with Crippen molar-refractivity contribution in [2.75, 3.05) is 120 Å². The predicted octanol–water partition coefficient (Wildman–Crippen LogP) is 8.45. The Balaban J connectivity index is 0.826. The van der Waals surface area contributed by atoms with E-state index in [1.807, 2.05) is 39.7 Å². The average Bonchev–Trinajstić information content (AvgIpc) is 4.44. The standard InChI is InChI=1S/C59H65F2N11O5S/c1-37(45-6-5-7-49-56(45)77-36-59(49,60)61)64-52-32-63-72(53-13-11-43(29-48(52)53)69-20-24-71(25-21-69)58(74)41-17-27-76-35-41)44-9-8-39(33-67(3)4)46(30-44)55-15-14-54(78-55)38(2)65-51-31-62-66-50-12-10-42(28-47(50)51)68-18-22-70(23-19-68)57(73)40-16-26-75-34-40/h5-15,28-32,37-38,40-41H,16-27,33-36H2,1-4H3,(H,65,66)/p+1/t37-,38-,40?,41?/m1/s1. The van der Waals surface area contributed by atoms with Gasteiger partial charge in [-0.25, -0.2) is 0 Å². The quantitative estimate of drug-likeness (QED) is 0.101. The minimum Gasteiger partial charge on any atom is -0.486 e. The molecule has 2 unspecified atom stereocenters. The van der Waals surface area contributed by atoms with E-state index in [2.05, 4.69) is 117 Å². The number of amides is 2. The topological polar surface area (TPSA) is 145 Å². The van der Waals surface area contributed by atoms with E-state index < -0.39 is 18.6 Å². The van der Waals surface area contributed by atoms with E-state index in [0.29, 0.717) is 71.3 Å². The maximum atomic E-state index is 14.9. The first-order valence-corrected chi connectivity index (χ1v) is 28.1. The second-order valence-electron chi connectivity index (χ2n) is 21.6. The number of carbonyl (C=O) groups is 2. The van der Waals surface area contributed by atoms with Gasteiger partial charge in [0, 0.05) is 133 Å². The van der Waals surface area contributed by atoms with E-state index in [9.17, 15) is 18.4 Å². The van der Waals surface area contributed by atoms with Gasteiger partial charge < -0.3 is 49.3 Å². The van der Waals surface area contributed by atoms with Gasteiger partial charge in [-0.15, -0.1) is 11.3 Å². The number of ether oxygens (including phenoxy) is 3. The molecule has 4 atom stereocenters. The Hall–Kier alpha value is -7.06. The third kappa shape index (κ3) is 10.3. The second kappa shape index (κ2) is 21.6. The molecule has 2 amide bonds. The number of benzene rings is 4. The monoisotopic (exact) mass is 1080 g/mol. The van der Waals surface area contributed by atoms with Gasteiger partial charge in [0.25, 0.3) is 0 Å². The number of nitrogens with zero attached hydrogens (tertiary/aromatic N) is 9. The van der Waals surface area contributed by atoms with Gasteiger partial charge in [-0.2, -0.15) is 19.0 Å². The Bertz CT molecular complexity index is 3370. The minimum atomic E-state index is -3.06. The molecule has 8 heterocycles. The Morgan fingerprint density at radius 3 is 2.09 bits per heavy atom. The molecule has 0 aliphatic carbocycles. The normalized spacial score (nSPS) is 20.1. The molecular formula is C59H66F2N11O5S+. The molecule has 19 heteroatoms. The number of anilines is 4. The third-order valence-electron chi connectivity index (χ3n) is 16.1. The molecule has 4 saturated heterocycles. The number of alkyl halides is 2. The summed E-state index contributed by atoms with van der Waals surface area (Å²) in [6, 6.07) is 28.1. The number of thiophene rings is 1. The van der Waals surface area contributed by atoms with Gasteiger partial charge in [0.1, 0.15) is 11.9 Å². The van der Waals surface area contributed by atoms with E-state index >= 15 is 0 Å². The van der Waals surface area contributed by atoms with Gasteiger partial charge >= 0.3 is 5.92 Å². The maximum absolute atomic E-state index is 14.9. The molecular weight excluding hydrogens is 1010 g/mol. The Morgan fingerprint density at radius 2 is 1.42 bits per heavy atom. The zero-order chi connectivity index (χ0) is 53.7. The van der Waals surface area contributed by atoms with Crippen LogP contribution in [-0.4, -0.2) is 141 Å². The van der Waals surface area contributed by atoms with Crippen LogP contribution in [0.15, 0.2) is 97.3 Å². The van der Waals surface area contributed by atoms with E-state index in [1.165, 1.54) is 11.6 Å². The number of carbonyl (C=O) groups excluding carboxylic acids is 2. The number of hydrogen-bond acceptors (Lipinski definition) is 14. The zero-order valence-electron chi connectivity index (χ0n) is 44.6. The van der Waals surface area contributed by atoms with Crippen molar-refractivity contribution in [1.82, 2.24) is 30.0 Å². The summed E-state index contributed by atoms with van der Waals surface area (Å²) in [4.78, 5) is 39.5. The molecule has 4 aromatic carbocycles. The lowest BCUT2D eigenvalue weighted by Crippen LogP contribution is -2.50. The number of piperazine rings is 2. The van der Waals surface area contributed by atoms with Crippen LogP contribution < -0.4 is 29.9 Å². The average molecular weight is 1080 g/mol. The second-order valence-corrected chi connectivity index (χ2v) is 22.7. The summed E-state index contributed by atoms with van der Waals surface area (Å²) in [5, 5.41) is 23.3. The molecule has 0 bridgehead atoms. The van der Waals surface area contributed by atoms with Crippen molar-refractivity contribution < 1.29 is 37.3 Å². The maximum Gasteiger partial charge on any atom is 0.310 e. The lowest BCUT2D eigenvalue weighted by atomic mass is 10.0. The number of halogens is 2. The van der Waals surface area contributed by atoms with Crippen LogP contribution in [0, 0.1) is 11.8 Å². The van der Waals surface area contributed by atoms with Crippen molar-refractivity contribution in [2.24, 2.45) is 11.8 Å². The van der Waals surface area contributed by atoms with E-state index in [4.69, 9.17) is 19.3 Å². The molecule has 16 nitrogen and oxygen atoms in total. The van der Waals surface area contributed by atoms with Crippen LogP contribution in [-0.2, 0) is 31.5 Å². The summed E-state index contributed by atoms with van der Waals surface area (Å²) in [7, 11) is 4.15. The van der Waals surface area contributed by atoms with Gasteiger partial charge in [0.2, 0.25) is 23.0 Å². The van der Waals surface area contributed by atoms with E-state index in [0.717, 1.165) is 98.0 Å². The van der Waals surface area contributed by atoms with Crippen molar-refractivity contribution >= 4 is 67.7 Å². The fourth-order valence-electron chi connectivity index (χ4n) is 11.7. The van der Waals surface area contributed by atoms with Crippen LogP contribution in [0.25, 0.3) is 37.9 Å².